The van der Waals surface area contributed by atoms with Gasteiger partial charge in [-0.1, -0.05) is 0 Å². The van der Waals surface area contributed by atoms with E-state index in [0.717, 1.165) is 6.07 Å². The Hall–Kier alpha value is -1.11. The smallest absolute Gasteiger partial charge is 0.342 e. The fourth-order valence-electron chi connectivity index (χ4n) is 0.985. The van der Waals surface area contributed by atoms with Crippen LogP contribution in [0.5, 0.6) is 0 Å². The summed E-state index contributed by atoms with van der Waals surface area (Å²) in [5.41, 5.74) is -1.22. The molecule has 0 aliphatic heterocycles. The van der Waals surface area contributed by atoms with Gasteiger partial charge in [0.2, 0.25) is 5.95 Å². The highest BCUT2D eigenvalue weighted by Gasteiger charge is 2.21. The van der Waals surface area contributed by atoms with E-state index in [0.29, 0.717) is 0 Å². The Morgan fingerprint density at radius 3 is 2.75 bits per heavy atom. The SMILES string of the molecule is CCOC(=O)c1cc(Br)c(C(F)F)nc1F. The highest BCUT2D eigenvalue weighted by molar-refractivity contribution is 9.10. The van der Waals surface area contributed by atoms with Crippen molar-refractivity contribution in [1.82, 2.24) is 4.98 Å². The number of aromatic nitrogens is 1. The molecular weight excluding hydrogens is 291 g/mol. The van der Waals surface area contributed by atoms with Gasteiger partial charge in [-0.05, 0) is 28.9 Å². The monoisotopic (exact) mass is 297 g/mol. The highest BCUT2D eigenvalue weighted by Crippen LogP contribution is 2.27. The Kier molecular flexibility index (Phi) is 4.28. The quantitative estimate of drug-likeness (QED) is 0.636. The fourth-order valence-corrected chi connectivity index (χ4v) is 1.48. The molecule has 0 radical (unpaired) electrons. The Bertz CT molecular complexity index is 412. The lowest BCUT2D eigenvalue weighted by atomic mass is 10.2. The summed E-state index contributed by atoms with van der Waals surface area (Å²) in [6.07, 6.45) is -2.92. The molecule has 0 saturated heterocycles. The number of carbonyl (C=O) groups is 1. The summed E-state index contributed by atoms with van der Waals surface area (Å²) in [6, 6.07) is 0.932. The number of halogens is 4. The van der Waals surface area contributed by atoms with Gasteiger partial charge in [-0.2, -0.15) is 4.39 Å². The topological polar surface area (TPSA) is 39.2 Å². The Morgan fingerprint density at radius 2 is 2.25 bits per heavy atom. The van der Waals surface area contributed by atoms with E-state index in [1.54, 1.807) is 6.92 Å². The molecule has 0 N–H and O–H groups in total. The molecule has 0 atom stereocenters. The zero-order valence-electron chi connectivity index (χ0n) is 8.14. The van der Waals surface area contributed by atoms with E-state index in [1.807, 2.05) is 0 Å². The summed E-state index contributed by atoms with van der Waals surface area (Å²) < 4.78 is 42.2. The van der Waals surface area contributed by atoms with Crippen molar-refractivity contribution in [2.75, 3.05) is 6.61 Å². The lowest BCUT2D eigenvalue weighted by Crippen LogP contribution is -2.10. The van der Waals surface area contributed by atoms with Gasteiger partial charge in [0.15, 0.2) is 0 Å². The molecule has 0 aliphatic carbocycles. The first-order valence-corrected chi connectivity index (χ1v) is 5.07. The number of nitrogens with zero attached hydrogens (tertiary/aromatic N) is 1. The molecule has 0 amide bonds. The number of esters is 1. The van der Waals surface area contributed by atoms with E-state index in [9.17, 15) is 18.0 Å². The average molecular weight is 298 g/mol. The van der Waals surface area contributed by atoms with E-state index in [-0.39, 0.29) is 11.1 Å². The molecule has 0 saturated carbocycles. The van der Waals surface area contributed by atoms with Crippen LogP contribution in [-0.2, 0) is 4.74 Å². The Balaban J connectivity index is 3.15. The van der Waals surface area contributed by atoms with Crippen molar-refractivity contribution >= 4 is 21.9 Å². The second kappa shape index (κ2) is 5.29. The number of hydrogen-bond donors (Lipinski definition) is 0. The maximum Gasteiger partial charge on any atom is 0.342 e. The van der Waals surface area contributed by atoms with Crippen LogP contribution in [0.2, 0.25) is 0 Å². The van der Waals surface area contributed by atoms with Gasteiger partial charge in [0.25, 0.3) is 6.43 Å². The third-order valence-corrected chi connectivity index (χ3v) is 2.29. The van der Waals surface area contributed by atoms with Crippen LogP contribution in [0.4, 0.5) is 13.2 Å². The Labute approximate surface area is 97.8 Å². The van der Waals surface area contributed by atoms with Gasteiger partial charge in [-0.25, -0.2) is 18.6 Å². The standard InChI is InChI=1S/C9H7BrF3NO2/c1-2-16-9(15)4-3-5(10)6(7(11)12)14-8(4)13/h3,7H,2H2,1H3. The molecular formula is C9H7BrF3NO2. The largest absolute Gasteiger partial charge is 0.462 e. The van der Waals surface area contributed by atoms with Crippen LogP contribution >= 0.6 is 15.9 Å². The minimum absolute atomic E-state index is 0.0620. The van der Waals surface area contributed by atoms with Crippen LogP contribution in [0.3, 0.4) is 0 Å². The van der Waals surface area contributed by atoms with Gasteiger partial charge in [0.1, 0.15) is 11.3 Å². The van der Waals surface area contributed by atoms with Crippen molar-refractivity contribution in [3.63, 3.8) is 0 Å². The predicted octanol–water partition coefficient (Wildman–Crippen LogP) is 3.10. The average Bonchev–Trinajstić information content (AvgIpc) is 2.20. The summed E-state index contributed by atoms with van der Waals surface area (Å²) in [5.74, 6) is -2.20. The van der Waals surface area contributed by atoms with Gasteiger partial charge in [-0.3, -0.25) is 0 Å². The van der Waals surface area contributed by atoms with Crippen LogP contribution in [-0.4, -0.2) is 17.6 Å². The second-order valence-corrected chi connectivity index (χ2v) is 3.57. The summed E-state index contributed by atoms with van der Waals surface area (Å²) >= 11 is 2.78. The minimum atomic E-state index is -2.92. The summed E-state index contributed by atoms with van der Waals surface area (Å²) in [7, 11) is 0. The number of ether oxygens (including phenoxy) is 1. The molecule has 7 heteroatoms. The first-order valence-electron chi connectivity index (χ1n) is 4.28. The van der Waals surface area contributed by atoms with Crippen LogP contribution in [0.15, 0.2) is 10.5 Å². The molecule has 0 bridgehead atoms. The van der Waals surface area contributed by atoms with Crippen molar-refractivity contribution in [3.8, 4) is 0 Å². The van der Waals surface area contributed by atoms with Crippen LogP contribution < -0.4 is 0 Å². The van der Waals surface area contributed by atoms with Crippen molar-refractivity contribution in [2.45, 2.75) is 13.3 Å². The van der Waals surface area contributed by atoms with Crippen LogP contribution in [0.25, 0.3) is 0 Å². The number of hydrogen-bond acceptors (Lipinski definition) is 3. The third kappa shape index (κ3) is 2.72. The molecule has 88 valence electrons. The maximum absolute atomic E-state index is 13.2. The fraction of sp³-hybridized carbons (Fsp3) is 0.333. The van der Waals surface area contributed by atoms with Gasteiger partial charge in [0.05, 0.1) is 6.61 Å². The highest BCUT2D eigenvalue weighted by atomic mass is 79.9. The lowest BCUT2D eigenvalue weighted by molar-refractivity contribution is 0.0518. The van der Waals surface area contributed by atoms with E-state index < -0.39 is 29.6 Å². The molecule has 0 spiro atoms. The normalized spacial score (nSPS) is 10.6. The molecule has 0 unspecified atom stereocenters. The molecule has 3 nitrogen and oxygen atoms in total. The van der Waals surface area contributed by atoms with Crippen molar-refractivity contribution in [3.05, 3.63) is 27.7 Å². The number of rotatable bonds is 3. The minimum Gasteiger partial charge on any atom is -0.462 e. The molecule has 0 aliphatic rings. The van der Waals surface area contributed by atoms with Gasteiger partial charge < -0.3 is 4.74 Å². The maximum atomic E-state index is 13.2. The van der Waals surface area contributed by atoms with Crippen LogP contribution in [0, 0.1) is 5.95 Å². The molecule has 0 fully saturated rings. The molecule has 1 aromatic heterocycles. The van der Waals surface area contributed by atoms with Gasteiger partial charge in [0, 0.05) is 4.47 Å². The number of pyridine rings is 1. The van der Waals surface area contributed by atoms with E-state index in [2.05, 4.69) is 25.7 Å². The molecule has 16 heavy (non-hydrogen) atoms. The second-order valence-electron chi connectivity index (χ2n) is 2.71. The Morgan fingerprint density at radius 1 is 1.62 bits per heavy atom. The lowest BCUT2D eigenvalue weighted by Gasteiger charge is -2.06. The molecule has 1 heterocycles. The van der Waals surface area contributed by atoms with Crippen molar-refractivity contribution in [2.24, 2.45) is 0 Å². The van der Waals surface area contributed by atoms with Crippen molar-refractivity contribution in [1.29, 1.82) is 0 Å². The molecule has 1 rings (SSSR count). The van der Waals surface area contributed by atoms with E-state index in [1.165, 1.54) is 0 Å². The molecule has 0 aromatic carbocycles. The summed E-state index contributed by atoms with van der Waals surface area (Å²) in [4.78, 5) is 14.2. The first-order chi connectivity index (χ1) is 7.47. The number of alkyl halides is 2. The van der Waals surface area contributed by atoms with E-state index >= 15 is 0 Å². The zero-order chi connectivity index (χ0) is 12.3. The summed E-state index contributed by atoms with van der Waals surface area (Å²) in [5, 5.41) is 0. The van der Waals surface area contributed by atoms with Gasteiger partial charge >= 0.3 is 5.97 Å². The van der Waals surface area contributed by atoms with Crippen molar-refractivity contribution < 1.29 is 22.7 Å². The van der Waals surface area contributed by atoms with E-state index in [4.69, 9.17) is 0 Å². The summed E-state index contributed by atoms with van der Waals surface area (Å²) in [6.45, 7) is 1.61. The third-order valence-electron chi connectivity index (χ3n) is 1.66. The van der Waals surface area contributed by atoms with Crippen LogP contribution in [0.1, 0.15) is 29.4 Å². The predicted molar refractivity (Wildman–Crippen MR) is 52.8 cm³/mol. The first kappa shape index (κ1) is 13.0. The number of carbonyl (C=O) groups excluding carboxylic acids is 1. The van der Waals surface area contributed by atoms with Gasteiger partial charge in [-0.15, -0.1) is 0 Å². The molecule has 1 aromatic rings. The zero-order valence-corrected chi connectivity index (χ0v) is 9.72.